The van der Waals surface area contributed by atoms with E-state index in [2.05, 4.69) is 20.7 Å². The van der Waals surface area contributed by atoms with Crippen LogP contribution in [0.25, 0.3) is 0 Å². The molecule has 6 nitrogen and oxygen atoms in total. The van der Waals surface area contributed by atoms with Crippen molar-refractivity contribution >= 4 is 83.6 Å². The van der Waals surface area contributed by atoms with Crippen LogP contribution in [0, 0.1) is 0 Å². The molecule has 0 atom stereocenters. The summed E-state index contributed by atoms with van der Waals surface area (Å²) in [6.07, 6.45) is 0. The molecular weight excluding hydrogens is 509 g/mol. The van der Waals surface area contributed by atoms with Crippen LogP contribution in [0.1, 0.15) is 0 Å². The highest BCUT2D eigenvalue weighted by Gasteiger charge is 2.24. The third kappa shape index (κ3) is 4.28. The molecule has 1 heterocycles. The molecule has 0 radical (unpaired) electrons. The lowest BCUT2D eigenvalue weighted by molar-refractivity contribution is 0.256. The fourth-order valence-corrected chi connectivity index (χ4v) is 5.83. The Bertz CT molecular complexity index is 1130. The van der Waals surface area contributed by atoms with Gasteiger partial charge in [0.15, 0.2) is 0 Å². The molecule has 3 aromatic rings. The van der Waals surface area contributed by atoms with Gasteiger partial charge in [-0.1, -0.05) is 47.5 Å². The van der Waals surface area contributed by atoms with E-state index in [9.17, 15) is 13.2 Å². The molecule has 0 saturated heterocycles. The fraction of sp³-hybridized carbons (Fsp3) is 0. The number of anilines is 3. The Morgan fingerprint density at radius 3 is 2.25 bits per heavy atom. The Labute approximate surface area is 184 Å². The molecule has 11 heteroatoms. The summed E-state index contributed by atoms with van der Waals surface area (Å²) >= 11 is 16.0. The van der Waals surface area contributed by atoms with E-state index in [1.807, 2.05) is 0 Å². The van der Waals surface area contributed by atoms with Crippen molar-refractivity contribution in [3.63, 3.8) is 0 Å². The van der Waals surface area contributed by atoms with Gasteiger partial charge in [-0.2, -0.15) is 0 Å². The predicted octanol–water partition coefficient (Wildman–Crippen LogP) is 5.84. The number of para-hydroxylation sites is 3. The van der Waals surface area contributed by atoms with Crippen LogP contribution in [-0.4, -0.2) is 14.4 Å². The molecule has 0 spiro atoms. The number of carbonyl (C=O) groups excluding carboxylic acids is 1. The summed E-state index contributed by atoms with van der Waals surface area (Å²) < 4.78 is 28.7. The zero-order valence-corrected chi connectivity index (χ0v) is 18.6. The standard InChI is InChI=1S/C17H12BrCl2N3O3S2/c18-10-5-1-3-7-13(10)23(17(21)24)14-8-4-2-6-12(14)22-28(25,26)15-9-11(19)16(20)27-15/h1-9,22H,(H2,21,24). The van der Waals surface area contributed by atoms with Crippen molar-refractivity contribution in [2.75, 3.05) is 9.62 Å². The lowest BCUT2D eigenvalue weighted by Crippen LogP contribution is -2.32. The Hall–Kier alpha value is -1.78. The second-order valence-electron chi connectivity index (χ2n) is 5.43. The topological polar surface area (TPSA) is 92.5 Å². The van der Waals surface area contributed by atoms with Crippen LogP contribution >= 0.6 is 50.5 Å². The maximum Gasteiger partial charge on any atom is 0.323 e. The molecule has 3 rings (SSSR count). The molecule has 0 bridgehead atoms. The largest absolute Gasteiger partial charge is 0.351 e. The van der Waals surface area contributed by atoms with Crippen molar-refractivity contribution in [2.24, 2.45) is 5.73 Å². The number of benzene rings is 2. The van der Waals surface area contributed by atoms with Crippen LogP contribution < -0.4 is 15.4 Å². The van der Waals surface area contributed by atoms with Crippen molar-refractivity contribution in [2.45, 2.75) is 4.21 Å². The third-order valence-corrected chi connectivity index (χ3v) is 7.97. The molecule has 146 valence electrons. The first-order chi connectivity index (χ1) is 13.2. The third-order valence-electron chi connectivity index (χ3n) is 3.59. The average molecular weight is 521 g/mol. The molecule has 0 aliphatic heterocycles. The van der Waals surface area contributed by atoms with E-state index in [0.717, 1.165) is 11.3 Å². The van der Waals surface area contributed by atoms with E-state index in [-0.39, 0.29) is 24.9 Å². The zero-order chi connectivity index (χ0) is 20.5. The van der Waals surface area contributed by atoms with Crippen LogP contribution in [0.3, 0.4) is 0 Å². The van der Waals surface area contributed by atoms with Gasteiger partial charge in [0.05, 0.1) is 22.1 Å². The molecule has 0 fully saturated rings. The Morgan fingerprint density at radius 2 is 1.68 bits per heavy atom. The van der Waals surface area contributed by atoms with Crippen molar-refractivity contribution in [1.29, 1.82) is 0 Å². The number of urea groups is 1. The minimum Gasteiger partial charge on any atom is -0.351 e. The van der Waals surface area contributed by atoms with Crippen molar-refractivity contribution < 1.29 is 13.2 Å². The van der Waals surface area contributed by atoms with Crippen LogP contribution in [-0.2, 0) is 10.0 Å². The van der Waals surface area contributed by atoms with Gasteiger partial charge in [0.25, 0.3) is 10.0 Å². The Kier molecular flexibility index (Phi) is 6.21. The summed E-state index contributed by atoms with van der Waals surface area (Å²) in [5, 5.41) is 0.146. The highest BCUT2D eigenvalue weighted by atomic mass is 79.9. The second kappa shape index (κ2) is 8.30. The molecule has 28 heavy (non-hydrogen) atoms. The Morgan fingerprint density at radius 1 is 1.07 bits per heavy atom. The number of nitrogens with one attached hydrogen (secondary N) is 1. The van der Waals surface area contributed by atoms with E-state index in [1.165, 1.54) is 17.0 Å². The number of carbonyl (C=O) groups is 1. The van der Waals surface area contributed by atoms with Gasteiger partial charge in [-0.05, 0) is 46.3 Å². The normalized spacial score (nSPS) is 11.2. The van der Waals surface area contributed by atoms with Crippen LogP contribution in [0.5, 0.6) is 0 Å². The molecular formula is C17H12BrCl2N3O3S2. The lowest BCUT2D eigenvalue weighted by atomic mass is 10.2. The van der Waals surface area contributed by atoms with Crippen molar-refractivity contribution in [3.05, 3.63) is 68.4 Å². The van der Waals surface area contributed by atoms with Crippen LogP contribution in [0.4, 0.5) is 21.9 Å². The molecule has 0 unspecified atom stereocenters. The summed E-state index contributed by atoms with van der Waals surface area (Å²) in [4.78, 5) is 13.4. The maximum absolute atomic E-state index is 12.8. The number of primary amides is 1. The predicted molar refractivity (Wildman–Crippen MR) is 117 cm³/mol. The first-order valence-electron chi connectivity index (χ1n) is 7.61. The number of nitrogens with zero attached hydrogens (tertiary/aromatic N) is 1. The van der Waals surface area contributed by atoms with Gasteiger partial charge in [0, 0.05) is 4.47 Å². The van der Waals surface area contributed by atoms with E-state index in [0.29, 0.717) is 10.2 Å². The zero-order valence-electron chi connectivity index (χ0n) is 13.9. The molecule has 0 saturated carbocycles. The number of thiophene rings is 1. The fourth-order valence-electron chi connectivity index (χ4n) is 2.41. The van der Waals surface area contributed by atoms with Gasteiger partial charge in [-0.3, -0.25) is 9.62 Å². The van der Waals surface area contributed by atoms with Gasteiger partial charge >= 0.3 is 6.03 Å². The number of amides is 2. The highest BCUT2D eigenvalue weighted by Crippen LogP contribution is 2.39. The monoisotopic (exact) mass is 519 g/mol. The van der Waals surface area contributed by atoms with Crippen molar-refractivity contribution in [1.82, 2.24) is 0 Å². The smallest absolute Gasteiger partial charge is 0.323 e. The minimum absolute atomic E-state index is 0.0520. The molecule has 2 amide bonds. The van der Waals surface area contributed by atoms with Crippen LogP contribution in [0.15, 0.2) is 63.3 Å². The van der Waals surface area contributed by atoms with Gasteiger partial charge in [0.1, 0.15) is 8.55 Å². The maximum atomic E-state index is 12.8. The van der Waals surface area contributed by atoms with E-state index >= 15 is 0 Å². The average Bonchev–Trinajstić information content (AvgIpc) is 2.98. The number of sulfonamides is 1. The summed E-state index contributed by atoms with van der Waals surface area (Å²) in [6.45, 7) is 0. The first kappa shape index (κ1) is 20.9. The molecule has 1 aromatic heterocycles. The number of halogens is 3. The summed E-state index contributed by atoms with van der Waals surface area (Å²) in [5.74, 6) is 0. The van der Waals surface area contributed by atoms with Crippen LogP contribution in [0.2, 0.25) is 9.36 Å². The van der Waals surface area contributed by atoms with E-state index < -0.39 is 16.1 Å². The molecule has 0 aliphatic carbocycles. The SMILES string of the molecule is NC(=O)N(c1ccccc1Br)c1ccccc1NS(=O)(=O)c1cc(Cl)c(Cl)s1. The summed E-state index contributed by atoms with van der Waals surface area (Å²) in [6, 6.07) is 13.8. The van der Waals surface area contributed by atoms with Gasteiger partial charge < -0.3 is 5.73 Å². The number of rotatable bonds is 5. The number of hydrogen-bond acceptors (Lipinski definition) is 4. The minimum atomic E-state index is -3.98. The number of hydrogen-bond donors (Lipinski definition) is 2. The summed E-state index contributed by atoms with van der Waals surface area (Å²) in [5.41, 5.74) is 6.48. The molecule has 0 aliphatic rings. The quantitative estimate of drug-likeness (QED) is 0.442. The van der Waals surface area contributed by atoms with Gasteiger partial charge in [0.2, 0.25) is 0 Å². The molecule has 3 N–H and O–H groups in total. The second-order valence-corrected chi connectivity index (χ2v) is 10.3. The Balaban J connectivity index is 2.08. The van der Waals surface area contributed by atoms with Gasteiger partial charge in [-0.25, -0.2) is 13.2 Å². The lowest BCUT2D eigenvalue weighted by Gasteiger charge is -2.24. The van der Waals surface area contributed by atoms with E-state index in [4.69, 9.17) is 28.9 Å². The number of nitrogens with two attached hydrogens (primary N) is 1. The van der Waals surface area contributed by atoms with Gasteiger partial charge in [-0.15, -0.1) is 11.3 Å². The molecule has 2 aromatic carbocycles. The first-order valence-corrected chi connectivity index (χ1v) is 11.5. The summed E-state index contributed by atoms with van der Waals surface area (Å²) in [7, 11) is -3.98. The van der Waals surface area contributed by atoms with E-state index in [1.54, 1.807) is 42.5 Å². The van der Waals surface area contributed by atoms with Crippen molar-refractivity contribution in [3.8, 4) is 0 Å². The highest BCUT2D eigenvalue weighted by molar-refractivity contribution is 9.10.